The smallest absolute Gasteiger partial charge is 0.225 e. The second-order valence-electron chi connectivity index (χ2n) is 6.77. The molecule has 0 atom stereocenters. The summed E-state index contributed by atoms with van der Waals surface area (Å²) in [5.41, 5.74) is 3.39. The van der Waals surface area contributed by atoms with Crippen molar-refractivity contribution in [3.05, 3.63) is 102 Å². The number of rotatable bonds is 8. The zero-order valence-electron chi connectivity index (χ0n) is 16.4. The van der Waals surface area contributed by atoms with E-state index in [-0.39, 0.29) is 5.82 Å². The van der Waals surface area contributed by atoms with Crippen LogP contribution in [0.1, 0.15) is 11.3 Å². The number of benzene rings is 2. The van der Waals surface area contributed by atoms with E-state index in [1.807, 2.05) is 60.7 Å². The molecule has 2 aromatic heterocycles. The van der Waals surface area contributed by atoms with E-state index in [1.165, 1.54) is 6.07 Å². The second kappa shape index (κ2) is 9.60. The molecule has 5 nitrogen and oxygen atoms in total. The van der Waals surface area contributed by atoms with E-state index in [1.54, 1.807) is 18.3 Å². The zero-order chi connectivity index (χ0) is 20.6. The van der Waals surface area contributed by atoms with E-state index in [0.717, 1.165) is 17.0 Å². The molecule has 0 amide bonds. The summed E-state index contributed by atoms with van der Waals surface area (Å²) < 4.78 is 13.9. The third-order valence-corrected chi connectivity index (χ3v) is 4.61. The summed E-state index contributed by atoms with van der Waals surface area (Å²) in [5, 5.41) is 6.54. The highest BCUT2D eigenvalue weighted by atomic mass is 19.1. The van der Waals surface area contributed by atoms with Crippen molar-refractivity contribution in [1.82, 2.24) is 15.0 Å². The van der Waals surface area contributed by atoms with Gasteiger partial charge in [-0.25, -0.2) is 9.37 Å². The van der Waals surface area contributed by atoms with E-state index >= 15 is 0 Å². The van der Waals surface area contributed by atoms with Crippen molar-refractivity contribution in [3.8, 4) is 11.3 Å². The lowest BCUT2D eigenvalue weighted by atomic mass is 10.1. The molecule has 0 spiro atoms. The van der Waals surface area contributed by atoms with Crippen LogP contribution in [0.3, 0.4) is 0 Å². The van der Waals surface area contributed by atoms with Gasteiger partial charge in [-0.1, -0.05) is 54.6 Å². The highest BCUT2D eigenvalue weighted by molar-refractivity contribution is 5.64. The molecule has 150 valence electrons. The van der Waals surface area contributed by atoms with Crippen molar-refractivity contribution in [2.75, 3.05) is 17.2 Å². The standard InChI is InChI=1S/C24H22FN5/c25-21-12-5-4-8-18(21)13-15-27-23-16-22(19-9-2-1-3-10-19)29-24(30-23)28-17-20-11-6-7-14-26-20/h1-12,14,16H,13,15,17H2,(H2,27,28,29,30). The fourth-order valence-electron chi connectivity index (χ4n) is 3.07. The summed E-state index contributed by atoms with van der Waals surface area (Å²) in [5.74, 6) is 1.00. The molecular weight excluding hydrogens is 377 g/mol. The van der Waals surface area contributed by atoms with Crippen LogP contribution in [0.25, 0.3) is 11.3 Å². The van der Waals surface area contributed by atoms with E-state index in [2.05, 4.69) is 25.6 Å². The highest BCUT2D eigenvalue weighted by Gasteiger charge is 2.08. The van der Waals surface area contributed by atoms with E-state index < -0.39 is 0 Å². The Bertz CT molecular complexity index is 1090. The molecule has 0 aliphatic carbocycles. The lowest BCUT2D eigenvalue weighted by Gasteiger charge is -2.12. The lowest BCUT2D eigenvalue weighted by molar-refractivity contribution is 0.610. The topological polar surface area (TPSA) is 62.7 Å². The Balaban J connectivity index is 1.51. The first-order valence-electron chi connectivity index (χ1n) is 9.83. The van der Waals surface area contributed by atoms with E-state index in [0.29, 0.717) is 36.8 Å². The molecule has 30 heavy (non-hydrogen) atoms. The first-order valence-corrected chi connectivity index (χ1v) is 9.83. The Morgan fingerprint density at radius 2 is 1.60 bits per heavy atom. The van der Waals surface area contributed by atoms with Gasteiger partial charge < -0.3 is 10.6 Å². The largest absolute Gasteiger partial charge is 0.370 e. The monoisotopic (exact) mass is 399 g/mol. The van der Waals surface area contributed by atoms with Gasteiger partial charge in [-0.2, -0.15) is 4.98 Å². The normalized spacial score (nSPS) is 10.6. The minimum Gasteiger partial charge on any atom is -0.370 e. The average Bonchev–Trinajstić information content (AvgIpc) is 2.80. The minimum absolute atomic E-state index is 0.190. The number of nitrogens with zero attached hydrogens (tertiary/aromatic N) is 3. The molecule has 0 saturated heterocycles. The van der Waals surface area contributed by atoms with Gasteiger partial charge in [-0.15, -0.1) is 0 Å². The fourth-order valence-corrected chi connectivity index (χ4v) is 3.07. The first-order chi connectivity index (χ1) is 14.8. The molecule has 4 aromatic rings. The van der Waals surface area contributed by atoms with Gasteiger partial charge >= 0.3 is 0 Å². The minimum atomic E-state index is -0.190. The molecular formula is C24H22FN5. The second-order valence-corrected chi connectivity index (χ2v) is 6.77. The van der Waals surface area contributed by atoms with Gasteiger partial charge in [0.15, 0.2) is 0 Å². The van der Waals surface area contributed by atoms with Crippen LogP contribution in [0, 0.1) is 5.82 Å². The van der Waals surface area contributed by atoms with Crippen LogP contribution < -0.4 is 10.6 Å². The quantitative estimate of drug-likeness (QED) is 0.439. The van der Waals surface area contributed by atoms with Gasteiger partial charge in [0.1, 0.15) is 11.6 Å². The van der Waals surface area contributed by atoms with Gasteiger partial charge in [0.25, 0.3) is 0 Å². The third-order valence-electron chi connectivity index (χ3n) is 4.61. The molecule has 2 heterocycles. The molecule has 0 unspecified atom stereocenters. The Labute approximate surface area is 175 Å². The van der Waals surface area contributed by atoms with Crippen LogP contribution in [-0.2, 0) is 13.0 Å². The van der Waals surface area contributed by atoms with Crippen LogP contribution in [0.15, 0.2) is 85.1 Å². The van der Waals surface area contributed by atoms with Gasteiger partial charge in [-0.3, -0.25) is 4.98 Å². The van der Waals surface area contributed by atoms with Crippen molar-refractivity contribution >= 4 is 11.8 Å². The van der Waals surface area contributed by atoms with Crippen LogP contribution >= 0.6 is 0 Å². The van der Waals surface area contributed by atoms with E-state index in [4.69, 9.17) is 0 Å². The average molecular weight is 399 g/mol. The molecule has 0 saturated carbocycles. The molecule has 2 aromatic carbocycles. The van der Waals surface area contributed by atoms with Gasteiger partial charge in [-0.05, 0) is 30.2 Å². The summed E-state index contributed by atoms with van der Waals surface area (Å²) in [6, 6.07) is 24.4. The molecule has 0 fully saturated rings. The van der Waals surface area contributed by atoms with Crippen LogP contribution in [0.2, 0.25) is 0 Å². The van der Waals surface area contributed by atoms with Gasteiger partial charge in [0.2, 0.25) is 5.95 Å². The molecule has 0 aliphatic rings. The maximum Gasteiger partial charge on any atom is 0.225 e. The number of aromatic nitrogens is 3. The third kappa shape index (κ3) is 5.17. The number of hydrogen-bond acceptors (Lipinski definition) is 5. The molecule has 2 N–H and O–H groups in total. The molecule has 4 rings (SSSR count). The number of pyridine rings is 1. The zero-order valence-corrected chi connectivity index (χ0v) is 16.4. The van der Waals surface area contributed by atoms with Crippen LogP contribution in [0.4, 0.5) is 16.2 Å². The Kier molecular flexibility index (Phi) is 6.25. The summed E-state index contributed by atoms with van der Waals surface area (Å²) in [4.78, 5) is 13.5. The van der Waals surface area contributed by atoms with Crippen molar-refractivity contribution < 1.29 is 4.39 Å². The van der Waals surface area contributed by atoms with Gasteiger partial charge in [0, 0.05) is 24.4 Å². The number of halogens is 1. The lowest BCUT2D eigenvalue weighted by Crippen LogP contribution is -2.11. The van der Waals surface area contributed by atoms with Crippen molar-refractivity contribution in [1.29, 1.82) is 0 Å². The van der Waals surface area contributed by atoms with Crippen molar-refractivity contribution in [2.45, 2.75) is 13.0 Å². The molecule has 0 aliphatic heterocycles. The first kappa shape index (κ1) is 19.5. The van der Waals surface area contributed by atoms with Crippen LogP contribution in [0.5, 0.6) is 0 Å². The number of hydrogen-bond donors (Lipinski definition) is 2. The Morgan fingerprint density at radius 1 is 0.800 bits per heavy atom. The predicted octanol–water partition coefficient (Wildman–Crippen LogP) is 4.94. The fraction of sp³-hybridized carbons (Fsp3) is 0.125. The van der Waals surface area contributed by atoms with Crippen molar-refractivity contribution in [2.24, 2.45) is 0 Å². The van der Waals surface area contributed by atoms with Crippen LogP contribution in [-0.4, -0.2) is 21.5 Å². The predicted molar refractivity (Wildman–Crippen MR) is 118 cm³/mol. The summed E-state index contributed by atoms with van der Waals surface area (Å²) in [6.45, 7) is 1.08. The number of nitrogens with one attached hydrogen (secondary N) is 2. The van der Waals surface area contributed by atoms with E-state index in [9.17, 15) is 4.39 Å². The highest BCUT2D eigenvalue weighted by Crippen LogP contribution is 2.21. The number of anilines is 2. The van der Waals surface area contributed by atoms with Gasteiger partial charge in [0.05, 0.1) is 17.9 Å². The summed E-state index contributed by atoms with van der Waals surface area (Å²) in [7, 11) is 0. The molecule has 0 bridgehead atoms. The maximum atomic E-state index is 13.9. The summed E-state index contributed by atoms with van der Waals surface area (Å²) in [6.07, 6.45) is 2.32. The summed E-state index contributed by atoms with van der Waals surface area (Å²) >= 11 is 0. The Morgan fingerprint density at radius 3 is 2.40 bits per heavy atom. The maximum absolute atomic E-state index is 13.9. The molecule has 6 heteroatoms. The SMILES string of the molecule is Fc1ccccc1CCNc1cc(-c2ccccc2)nc(NCc2ccccn2)n1. The molecule has 0 radical (unpaired) electrons. The Hall–Kier alpha value is -3.80. The van der Waals surface area contributed by atoms with Crippen molar-refractivity contribution in [3.63, 3.8) is 0 Å².